The van der Waals surface area contributed by atoms with Crippen LogP contribution in [0, 0.1) is 0 Å². The standard InChI is InChI=1S/3C6H8O7.B.Ti.Zn/c3*7-3(8)1-6(13,5(11)12)2-4(9)10;;;/h3*13H,1-2H2,(H,7,8)(H,9,10)(H,11,12);;;/q;;;+3;+4;+2/p-9. The number of carbonyl (C=O) groups excluding carboxylic acids is 9. The molecule has 0 unspecified atom stereocenters. The van der Waals surface area contributed by atoms with E-state index in [0.29, 0.717) is 0 Å². The number of hydrogen-bond acceptors (Lipinski definition) is 21. The molecule has 222 valence electrons. The van der Waals surface area contributed by atoms with Gasteiger partial charge in [-0.2, -0.15) is 0 Å². The van der Waals surface area contributed by atoms with Gasteiger partial charge in [0.2, 0.25) is 0 Å². The summed E-state index contributed by atoms with van der Waals surface area (Å²) in [5.74, 6) is -18.0. The maximum Gasteiger partial charge on any atom is 4.00 e. The van der Waals surface area contributed by atoms with Crippen molar-refractivity contribution in [1.29, 1.82) is 0 Å². The number of rotatable bonds is 15. The second-order valence-corrected chi connectivity index (χ2v) is 7.25. The predicted octanol–water partition coefficient (Wildman–Crippen LogP) is -16.1. The molecule has 3 N–H and O–H groups in total. The van der Waals surface area contributed by atoms with Gasteiger partial charge in [0.05, 0.1) is 17.9 Å². The maximum atomic E-state index is 10.1. The molecule has 0 rings (SSSR count). The first-order valence-corrected chi connectivity index (χ1v) is 9.34. The minimum atomic E-state index is -2.97. The Labute approximate surface area is 262 Å². The van der Waals surface area contributed by atoms with Crippen LogP contribution in [0.4, 0.5) is 0 Å². The van der Waals surface area contributed by atoms with Crippen molar-refractivity contribution in [2.24, 2.45) is 0 Å². The molecule has 0 aliphatic carbocycles. The largest absolute Gasteiger partial charge is 4.00 e. The summed E-state index contributed by atoms with van der Waals surface area (Å²) < 4.78 is 0. The number of carbonyl (C=O) groups is 9. The van der Waals surface area contributed by atoms with Gasteiger partial charge < -0.3 is 104 Å². The molecule has 0 saturated heterocycles. The molecule has 42 heavy (non-hydrogen) atoms. The zero-order chi connectivity index (χ0) is 31.9. The average molecular weight is 691 g/mol. The van der Waals surface area contributed by atoms with Crippen LogP contribution in [-0.4, -0.2) is 94.3 Å². The predicted molar refractivity (Wildman–Crippen MR) is 93.4 cm³/mol. The summed E-state index contributed by atoms with van der Waals surface area (Å²) in [5, 5.41) is 117. The molecule has 0 aromatic carbocycles. The summed E-state index contributed by atoms with van der Waals surface area (Å²) in [7, 11) is 0. The van der Waals surface area contributed by atoms with Crippen LogP contribution in [0.25, 0.3) is 0 Å². The van der Waals surface area contributed by atoms with Crippen LogP contribution >= 0.6 is 0 Å². The van der Waals surface area contributed by atoms with Crippen molar-refractivity contribution in [2.75, 3.05) is 0 Å². The monoisotopic (exact) mass is 690 g/mol. The maximum absolute atomic E-state index is 10.1. The van der Waals surface area contributed by atoms with Crippen molar-refractivity contribution in [3.8, 4) is 0 Å². The molecule has 0 fully saturated rings. The van der Waals surface area contributed by atoms with Gasteiger partial charge in [-0.1, -0.05) is 0 Å². The Bertz CT molecular complexity index is 826. The summed E-state index contributed by atoms with van der Waals surface area (Å²) in [6.07, 6.45) is -8.15. The van der Waals surface area contributed by atoms with Crippen LogP contribution in [0.1, 0.15) is 38.5 Å². The molecule has 0 bridgehead atoms. The molecule has 0 aromatic rings. The number of aliphatic hydroxyl groups is 3. The molecule has 0 aromatic heterocycles. The fourth-order valence-corrected chi connectivity index (χ4v) is 2.05. The van der Waals surface area contributed by atoms with Gasteiger partial charge >= 0.3 is 49.6 Å². The second-order valence-electron chi connectivity index (χ2n) is 7.25. The van der Waals surface area contributed by atoms with Crippen LogP contribution in [0.15, 0.2) is 0 Å². The van der Waals surface area contributed by atoms with E-state index >= 15 is 0 Å². The molecule has 24 heteroatoms. The SMILES string of the molecule is O=C([O-])CC(O)(CC(=O)[O-])C(=O)[O-].O=C([O-])CC(O)(CC(=O)[O-])C(=O)[O-].O=C([O-])CC(O)(CC(=O)[O-])C(=O)[O-].[B+3].[Ti+4].[Zn+2]. The minimum Gasteiger partial charge on any atom is -0.550 e. The average Bonchev–Trinajstić information content (AvgIpc) is 2.64. The van der Waals surface area contributed by atoms with Crippen LogP contribution in [0.3, 0.4) is 0 Å². The fraction of sp³-hybridized carbons (Fsp3) is 0.500. The van der Waals surface area contributed by atoms with Crippen LogP contribution in [-0.2, 0) is 84.3 Å². The summed E-state index contributed by atoms with van der Waals surface area (Å²) in [4.78, 5) is 90.0. The van der Waals surface area contributed by atoms with Crippen molar-refractivity contribution >= 4 is 62.1 Å². The Hall–Kier alpha value is -3.49. The van der Waals surface area contributed by atoms with Gasteiger partial charge in [-0.25, -0.2) is 0 Å². The topological polar surface area (TPSA) is 422 Å². The van der Waals surface area contributed by atoms with Crippen LogP contribution in [0.5, 0.6) is 0 Å². The molecule has 0 aliphatic rings. The van der Waals surface area contributed by atoms with E-state index in [0.717, 1.165) is 0 Å². The van der Waals surface area contributed by atoms with Gasteiger partial charge in [0.15, 0.2) is 0 Å². The molecular formula is C18H15BO21TiZn. The molecule has 0 radical (unpaired) electrons. The first kappa shape index (κ1) is 51.3. The molecular weight excluding hydrogens is 676 g/mol. The van der Waals surface area contributed by atoms with E-state index in [4.69, 9.17) is 15.3 Å². The summed E-state index contributed by atoms with van der Waals surface area (Å²) in [6, 6.07) is 0. The summed E-state index contributed by atoms with van der Waals surface area (Å²) >= 11 is 0. The van der Waals surface area contributed by atoms with Gasteiger partial charge in [0, 0.05) is 74.3 Å². The number of aliphatic carboxylic acids is 9. The number of carboxylic acid groups (broad SMARTS) is 9. The van der Waals surface area contributed by atoms with E-state index in [9.17, 15) is 89.1 Å². The first-order valence-electron chi connectivity index (χ1n) is 9.34. The third-order valence-corrected chi connectivity index (χ3v) is 3.76. The molecule has 0 spiro atoms. The van der Waals surface area contributed by atoms with E-state index in [1.54, 1.807) is 0 Å². The zero-order valence-corrected chi connectivity index (χ0v) is 25.2. The Morgan fingerprint density at radius 2 is 0.476 bits per heavy atom. The molecule has 0 heterocycles. The smallest absolute Gasteiger partial charge is 0.550 e. The van der Waals surface area contributed by atoms with Gasteiger partial charge in [0.1, 0.15) is 16.8 Å². The van der Waals surface area contributed by atoms with Gasteiger partial charge in [-0.15, -0.1) is 0 Å². The van der Waals surface area contributed by atoms with Crippen molar-refractivity contribution in [1.82, 2.24) is 0 Å². The van der Waals surface area contributed by atoms with E-state index in [1.165, 1.54) is 0 Å². The van der Waals surface area contributed by atoms with Gasteiger partial charge in [-0.3, -0.25) is 0 Å². The van der Waals surface area contributed by atoms with Crippen LogP contribution in [0.2, 0.25) is 0 Å². The zero-order valence-electron chi connectivity index (χ0n) is 20.7. The second kappa shape index (κ2) is 22.2. The van der Waals surface area contributed by atoms with E-state index in [1.807, 2.05) is 0 Å². The van der Waals surface area contributed by atoms with Gasteiger partial charge in [0.25, 0.3) is 0 Å². The number of carboxylic acids is 9. The third kappa shape index (κ3) is 23.2. The quantitative estimate of drug-likeness (QED) is 0.134. The van der Waals surface area contributed by atoms with Crippen molar-refractivity contribution in [2.45, 2.75) is 55.3 Å². The molecule has 0 saturated carbocycles. The van der Waals surface area contributed by atoms with Crippen LogP contribution < -0.4 is 46.0 Å². The van der Waals surface area contributed by atoms with Crippen molar-refractivity contribution < 1.29 is 146 Å². The minimum absolute atomic E-state index is 0. The normalized spacial score (nSPS) is 10.1. The first-order chi connectivity index (χ1) is 17.3. The Balaban J connectivity index is -0.000000112. The molecule has 0 aliphatic heterocycles. The summed E-state index contributed by atoms with van der Waals surface area (Å²) in [5.41, 5.74) is -8.92. The van der Waals surface area contributed by atoms with Crippen molar-refractivity contribution in [3.05, 3.63) is 0 Å². The van der Waals surface area contributed by atoms with E-state index in [2.05, 4.69) is 0 Å². The Morgan fingerprint density at radius 3 is 0.524 bits per heavy atom. The molecule has 0 atom stereocenters. The van der Waals surface area contributed by atoms with Gasteiger partial charge in [-0.05, 0) is 0 Å². The Morgan fingerprint density at radius 1 is 0.381 bits per heavy atom. The van der Waals surface area contributed by atoms with E-state index < -0.39 is 109 Å². The van der Waals surface area contributed by atoms with Crippen molar-refractivity contribution in [3.63, 3.8) is 0 Å². The number of hydrogen-bond donors (Lipinski definition) is 3. The summed E-state index contributed by atoms with van der Waals surface area (Å²) in [6.45, 7) is 0. The van der Waals surface area contributed by atoms with E-state index in [-0.39, 0.29) is 49.6 Å². The molecule has 0 amide bonds. The molecule has 21 nitrogen and oxygen atoms in total. The fourth-order valence-electron chi connectivity index (χ4n) is 2.05. The third-order valence-electron chi connectivity index (χ3n) is 3.76. The Kier molecular flexibility index (Phi) is 27.0.